The number of anilines is 1. The molecule has 1 atom stereocenters. The molecular weight excluding hydrogens is 480 g/mol. The molecule has 9 nitrogen and oxygen atoms in total. The molecule has 10 heteroatoms. The summed E-state index contributed by atoms with van der Waals surface area (Å²) < 4.78 is 1.66. The van der Waals surface area contributed by atoms with Crippen molar-refractivity contribution in [3.8, 4) is 0 Å². The Labute approximate surface area is 214 Å². The summed E-state index contributed by atoms with van der Waals surface area (Å²) in [5, 5.41) is 5.95. The molecule has 3 aromatic rings. The average Bonchev–Trinajstić information content (AvgIpc) is 3.43. The van der Waals surface area contributed by atoms with Gasteiger partial charge in [0.15, 0.2) is 0 Å². The van der Waals surface area contributed by atoms with Crippen molar-refractivity contribution < 1.29 is 14.4 Å². The summed E-state index contributed by atoms with van der Waals surface area (Å²) in [6.45, 7) is 3.35. The number of aromatic nitrogens is 2. The minimum atomic E-state index is -0.854. The van der Waals surface area contributed by atoms with Gasteiger partial charge < -0.3 is 20.4 Å². The van der Waals surface area contributed by atoms with Crippen LogP contribution in [0.4, 0.5) is 15.3 Å². The predicted octanol–water partition coefficient (Wildman–Crippen LogP) is 4.18. The van der Waals surface area contributed by atoms with E-state index in [9.17, 15) is 14.4 Å². The molecule has 2 aliphatic rings. The quantitative estimate of drug-likeness (QED) is 0.542. The van der Waals surface area contributed by atoms with Crippen LogP contribution < -0.4 is 10.6 Å². The van der Waals surface area contributed by atoms with Gasteiger partial charge in [-0.2, -0.15) is 0 Å². The first kappa shape index (κ1) is 23.9. The van der Waals surface area contributed by atoms with E-state index in [1.807, 2.05) is 42.2 Å². The van der Waals surface area contributed by atoms with Crippen LogP contribution in [0.25, 0.3) is 0 Å². The van der Waals surface area contributed by atoms with Gasteiger partial charge in [0.2, 0.25) is 5.91 Å². The number of benzene rings is 2. The van der Waals surface area contributed by atoms with Crippen molar-refractivity contribution in [2.75, 3.05) is 18.4 Å². The second-order valence-corrected chi connectivity index (χ2v) is 9.43. The Morgan fingerprint density at radius 1 is 1.06 bits per heavy atom. The van der Waals surface area contributed by atoms with Crippen LogP contribution in [0.2, 0.25) is 5.02 Å². The number of piperidine rings is 1. The lowest BCUT2D eigenvalue weighted by Crippen LogP contribution is -2.50. The highest BCUT2D eigenvalue weighted by atomic mass is 35.5. The summed E-state index contributed by atoms with van der Waals surface area (Å²) in [5.74, 6) is 0.505. The molecule has 2 aromatic carbocycles. The molecule has 1 fully saturated rings. The Morgan fingerprint density at radius 2 is 1.75 bits per heavy atom. The monoisotopic (exact) mass is 506 g/mol. The summed E-state index contributed by atoms with van der Waals surface area (Å²) in [4.78, 5) is 47.1. The van der Waals surface area contributed by atoms with Crippen molar-refractivity contribution in [2.24, 2.45) is 0 Å². The maximum absolute atomic E-state index is 13.6. The normalized spacial score (nSPS) is 16.6. The molecule has 1 saturated heterocycles. The number of amides is 4. The van der Waals surface area contributed by atoms with Crippen LogP contribution in [0.3, 0.4) is 0 Å². The Morgan fingerprint density at radius 3 is 2.44 bits per heavy atom. The van der Waals surface area contributed by atoms with Gasteiger partial charge in [-0.25, -0.2) is 14.6 Å². The number of nitrogens with one attached hydrogen (secondary N) is 2. The molecule has 0 radical (unpaired) electrons. The summed E-state index contributed by atoms with van der Waals surface area (Å²) >= 11 is 6.16. The number of fused-ring (bicyclic) bond motifs is 1. The number of hydrogen-bond donors (Lipinski definition) is 2. The number of carbonyl (C=O) groups excluding carboxylic acids is 3. The molecule has 1 unspecified atom stereocenters. The lowest BCUT2D eigenvalue weighted by molar-refractivity contribution is -0.134. The van der Waals surface area contributed by atoms with Crippen molar-refractivity contribution in [3.63, 3.8) is 0 Å². The van der Waals surface area contributed by atoms with Crippen molar-refractivity contribution in [2.45, 2.75) is 38.4 Å². The highest BCUT2D eigenvalue weighted by molar-refractivity contribution is 6.33. The van der Waals surface area contributed by atoms with E-state index in [-0.39, 0.29) is 18.0 Å². The molecule has 0 saturated carbocycles. The third-order valence-corrected chi connectivity index (χ3v) is 7.10. The summed E-state index contributed by atoms with van der Waals surface area (Å²) in [7, 11) is 0. The molecule has 0 bridgehead atoms. The number of hydrogen-bond acceptors (Lipinski definition) is 4. The van der Waals surface area contributed by atoms with Gasteiger partial charge in [0.25, 0.3) is 0 Å². The molecular formula is C26H27ClN6O3. The first-order chi connectivity index (χ1) is 17.4. The fraction of sp³-hybridized carbons (Fsp3) is 0.308. The number of aryl methyl sites for hydroxylation is 1. The molecule has 3 heterocycles. The maximum Gasteiger partial charge on any atom is 0.330 e. The molecule has 2 aliphatic heterocycles. The van der Waals surface area contributed by atoms with E-state index in [4.69, 9.17) is 11.6 Å². The average molecular weight is 507 g/mol. The number of halogens is 1. The second-order valence-electron chi connectivity index (χ2n) is 9.02. The third kappa shape index (κ3) is 4.66. The number of likely N-dealkylation sites (tertiary alicyclic amines) is 1. The molecule has 36 heavy (non-hydrogen) atoms. The molecule has 0 spiro atoms. The van der Waals surface area contributed by atoms with Crippen LogP contribution in [0.5, 0.6) is 0 Å². The van der Waals surface area contributed by atoms with Gasteiger partial charge in [0.1, 0.15) is 11.9 Å². The predicted molar refractivity (Wildman–Crippen MR) is 136 cm³/mol. The van der Waals surface area contributed by atoms with Gasteiger partial charge in [0, 0.05) is 19.1 Å². The van der Waals surface area contributed by atoms with E-state index in [1.165, 1.54) is 0 Å². The fourth-order valence-corrected chi connectivity index (χ4v) is 5.07. The first-order valence-electron chi connectivity index (χ1n) is 11.9. The number of para-hydroxylation sites is 1. The van der Waals surface area contributed by atoms with Crippen LogP contribution in [0.15, 0.2) is 60.8 Å². The lowest BCUT2D eigenvalue weighted by atomic mass is 10.0. The number of carbonyl (C=O) groups is 3. The fourth-order valence-electron chi connectivity index (χ4n) is 4.89. The van der Waals surface area contributed by atoms with E-state index in [2.05, 4.69) is 15.6 Å². The van der Waals surface area contributed by atoms with Crippen LogP contribution in [-0.4, -0.2) is 56.5 Å². The van der Waals surface area contributed by atoms with Crippen LogP contribution in [0, 0.1) is 6.92 Å². The number of imidazole rings is 1. The zero-order chi connectivity index (χ0) is 25.2. The minimum Gasteiger partial charge on any atom is -0.340 e. The summed E-state index contributed by atoms with van der Waals surface area (Å²) in [6.07, 6.45) is 3.08. The number of rotatable bonds is 5. The Balaban J connectivity index is 1.25. The van der Waals surface area contributed by atoms with E-state index in [0.29, 0.717) is 54.6 Å². The SMILES string of the molecule is Cc1ncc2n1C(=O)N(C1CCN(C(=O)C(NC(=O)Nc3ccccc3Cl)c3ccccc3)CC1)C2. The molecule has 186 valence electrons. The summed E-state index contributed by atoms with van der Waals surface area (Å²) in [5.41, 5.74) is 2.05. The van der Waals surface area contributed by atoms with Crippen LogP contribution >= 0.6 is 11.6 Å². The second kappa shape index (κ2) is 10.0. The van der Waals surface area contributed by atoms with Crippen molar-refractivity contribution in [3.05, 3.63) is 82.9 Å². The zero-order valence-electron chi connectivity index (χ0n) is 19.9. The van der Waals surface area contributed by atoms with Gasteiger partial charge in [-0.15, -0.1) is 0 Å². The standard InChI is InChI=1S/C26H27ClN6O3/c1-17-28-15-20-16-32(26(36)33(17)20)19-11-13-31(14-12-19)24(34)23(18-7-3-2-4-8-18)30-25(35)29-22-10-6-5-9-21(22)27/h2-10,15,19,23H,11-14,16H2,1H3,(H2,29,30,35). The van der Waals surface area contributed by atoms with Gasteiger partial charge in [0.05, 0.1) is 29.1 Å². The molecule has 1 aromatic heterocycles. The molecule has 0 aliphatic carbocycles. The minimum absolute atomic E-state index is 0.0486. The van der Waals surface area contributed by atoms with Crippen molar-refractivity contribution in [1.29, 1.82) is 0 Å². The van der Waals surface area contributed by atoms with Gasteiger partial charge in [-0.05, 0) is 37.5 Å². The smallest absolute Gasteiger partial charge is 0.330 e. The van der Waals surface area contributed by atoms with E-state index in [1.54, 1.807) is 39.9 Å². The van der Waals surface area contributed by atoms with Gasteiger partial charge >= 0.3 is 12.1 Å². The molecule has 4 amide bonds. The number of nitrogens with zero attached hydrogens (tertiary/aromatic N) is 4. The van der Waals surface area contributed by atoms with Gasteiger partial charge in [-0.3, -0.25) is 9.36 Å². The summed E-state index contributed by atoms with van der Waals surface area (Å²) in [6, 6.07) is 14.7. The topological polar surface area (TPSA) is 99.6 Å². The largest absolute Gasteiger partial charge is 0.340 e. The van der Waals surface area contributed by atoms with Crippen LogP contribution in [-0.2, 0) is 11.3 Å². The van der Waals surface area contributed by atoms with Crippen molar-refractivity contribution in [1.82, 2.24) is 24.7 Å². The zero-order valence-corrected chi connectivity index (χ0v) is 20.6. The Kier molecular flexibility index (Phi) is 6.65. The molecule has 2 N–H and O–H groups in total. The highest BCUT2D eigenvalue weighted by Gasteiger charge is 2.37. The van der Waals surface area contributed by atoms with E-state index < -0.39 is 12.1 Å². The Bertz CT molecular complexity index is 1290. The first-order valence-corrected chi connectivity index (χ1v) is 12.3. The third-order valence-electron chi connectivity index (χ3n) is 6.77. The van der Waals surface area contributed by atoms with Crippen molar-refractivity contribution >= 4 is 35.3 Å². The van der Waals surface area contributed by atoms with Gasteiger partial charge in [-0.1, -0.05) is 54.1 Å². The highest BCUT2D eigenvalue weighted by Crippen LogP contribution is 2.27. The van der Waals surface area contributed by atoms with Crippen LogP contribution in [0.1, 0.15) is 36.0 Å². The Hall–Kier alpha value is -3.85. The lowest BCUT2D eigenvalue weighted by Gasteiger charge is -2.37. The van der Waals surface area contributed by atoms with E-state index in [0.717, 1.165) is 5.69 Å². The maximum atomic E-state index is 13.6. The number of urea groups is 1. The molecule has 5 rings (SSSR count). The van der Waals surface area contributed by atoms with E-state index >= 15 is 0 Å².